The van der Waals surface area contributed by atoms with Gasteiger partial charge in [-0.05, 0) is 52.4 Å². The lowest BCUT2D eigenvalue weighted by Crippen LogP contribution is -2.36. The number of nitriles is 1. The summed E-state index contributed by atoms with van der Waals surface area (Å²) < 4.78 is 5.45. The molecule has 6 nitrogen and oxygen atoms in total. The van der Waals surface area contributed by atoms with Crippen LogP contribution in [0.15, 0.2) is 66.7 Å². The molecule has 0 saturated heterocycles. The van der Waals surface area contributed by atoms with Gasteiger partial charge in [-0.3, -0.25) is 0 Å². The Morgan fingerprint density at radius 2 is 1.69 bits per heavy atom. The van der Waals surface area contributed by atoms with Crippen LogP contribution in [0.3, 0.4) is 0 Å². The molecule has 2 unspecified atom stereocenters. The fourth-order valence-electron chi connectivity index (χ4n) is 4.18. The molecular formula is C26H24N2O4. The van der Waals surface area contributed by atoms with E-state index < -0.39 is 18.3 Å². The second-order valence-corrected chi connectivity index (χ2v) is 7.90. The number of nitrogens with one attached hydrogen (secondary N) is 1. The smallest absolute Gasteiger partial charge is 0.407 e. The van der Waals surface area contributed by atoms with E-state index in [9.17, 15) is 15.0 Å². The van der Waals surface area contributed by atoms with Crippen molar-refractivity contribution < 1.29 is 19.7 Å². The lowest BCUT2D eigenvalue weighted by Gasteiger charge is -2.21. The summed E-state index contributed by atoms with van der Waals surface area (Å²) in [4.78, 5) is 12.3. The Balaban J connectivity index is 1.36. The Labute approximate surface area is 186 Å². The van der Waals surface area contributed by atoms with Crippen molar-refractivity contribution in [3.63, 3.8) is 0 Å². The summed E-state index contributed by atoms with van der Waals surface area (Å²) in [6, 6.07) is 23.0. The van der Waals surface area contributed by atoms with Gasteiger partial charge in [0.05, 0.1) is 11.6 Å². The molecule has 0 heterocycles. The Morgan fingerprint density at radius 3 is 2.31 bits per heavy atom. The van der Waals surface area contributed by atoms with Crippen LogP contribution in [0.1, 0.15) is 39.8 Å². The van der Waals surface area contributed by atoms with Crippen molar-refractivity contribution in [2.75, 3.05) is 13.2 Å². The van der Waals surface area contributed by atoms with E-state index in [1.54, 1.807) is 19.1 Å². The Kier molecular flexibility index (Phi) is 6.22. The average Bonchev–Trinajstić information content (AvgIpc) is 3.14. The molecule has 1 amide bonds. The van der Waals surface area contributed by atoms with Crippen LogP contribution >= 0.6 is 0 Å². The molecule has 0 fully saturated rings. The summed E-state index contributed by atoms with van der Waals surface area (Å²) in [5.41, 5.74) is 6.11. The highest BCUT2D eigenvalue weighted by Gasteiger charge is 2.29. The highest BCUT2D eigenvalue weighted by molar-refractivity contribution is 5.79. The van der Waals surface area contributed by atoms with Crippen molar-refractivity contribution in [3.8, 4) is 17.2 Å². The van der Waals surface area contributed by atoms with Gasteiger partial charge in [-0.15, -0.1) is 0 Å². The number of ether oxygens (including phenoxy) is 1. The molecule has 0 aliphatic heterocycles. The van der Waals surface area contributed by atoms with Crippen LogP contribution in [0.2, 0.25) is 0 Å². The van der Waals surface area contributed by atoms with Crippen LogP contribution in [0, 0.1) is 18.3 Å². The molecule has 3 aromatic rings. The minimum absolute atomic E-state index is 0.0555. The van der Waals surface area contributed by atoms with E-state index in [2.05, 4.69) is 17.4 Å². The molecule has 3 aromatic carbocycles. The lowest BCUT2D eigenvalue weighted by molar-refractivity contribution is 0.0182. The zero-order valence-electron chi connectivity index (χ0n) is 17.7. The van der Waals surface area contributed by atoms with E-state index in [0.29, 0.717) is 11.1 Å². The molecule has 0 bridgehead atoms. The van der Waals surface area contributed by atoms with Gasteiger partial charge in [-0.25, -0.2) is 4.79 Å². The standard InChI is InChI=1S/C26H24N2O4/c1-16-10-11-17(13-27)12-22(16)25(30)24(29)14-28-26(31)32-15-23-20-8-4-2-6-18(20)19-7-3-5-9-21(19)23/h2-12,23-25,29-30H,14-15H2,1H3,(H,28,31). The predicted octanol–water partition coefficient (Wildman–Crippen LogP) is 3.80. The Bertz CT molecular complexity index is 1140. The van der Waals surface area contributed by atoms with Gasteiger partial charge in [-0.1, -0.05) is 54.6 Å². The van der Waals surface area contributed by atoms with Gasteiger partial charge in [0.15, 0.2) is 0 Å². The maximum Gasteiger partial charge on any atom is 0.407 e. The summed E-state index contributed by atoms with van der Waals surface area (Å²) in [6.45, 7) is 1.77. The number of carbonyl (C=O) groups is 1. The van der Waals surface area contributed by atoms with Crippen molar-refractivity contribution in [2.45, 2.75) is 25.0 Å². The van der Waals surface area contributed by atoms with Crippen molar-refractivity contribution in [3.05, 3.63) is 94.5 Å². The molecule has 162 valence electrons. The van der Waals surface area contributed by atoms with E-state index in [0.717, 1.165) is 27.8 Å². The fourth-order valence-corrected chi connectivity index (χ4v) is 4.18. The molecule has 6 heteroatoms. The van der Waals surface area contributed by atoms with Crippen LogP contribution in [0.4, 0.5) is 4.79 Å². The lowest BCUT2D eigenvalue weighted by atomic mass is 9.97. The third kappa shape index (κ3) is 4.22. The van der Waals surface area contributed by atoms with Crippen LogP contribution < -0.4 is 5.32 Å². The SMILES string of the molecule is Cc1ccc(C#N)cc1C(O)C(O)CNC(=O)OCC1c2ccccc2-c2ccccc21. The quantitative estimate of drug-likeness (QED) is 0.554. The largest absolute Gasteiger partial charge is 0.449 e. The van der Waals surface area contributed by atoms with Gasteiger partial charge >= 0.3 is 6.09 Å². The molecule has 1 aliphatic rings. The Morgan fingerprint density at radius 1 is 1.06 bits per heavy atom. The van der Waals surface area contributed by atoms with Crippen LogP contribution in [-0.2, 0) is 4.74 Å². The van der Waals surface area contributed by atoms with Gasteiger partial charge in [0.2, 0.25) is 0 Å². The number of aryl methyl sites for hydroxylation is 1. The third-order valence-electron chi connectivity index (χ3n) is 5.89. The maximum absolute atomic E-state index is 12.3. The molecule has 0 saturated carbocycles. The van der Waals surface area contributed by atoms with E-state index in [-0.39, 0.29) is 19.1 Å². The first-order valence-corrected chi connectivity index (χ1v) is 10.4. The number of hydrogen-bond donors (Lipinski definition) is 3. The van der Waals surface area contributed by atoms with E-state index in [1.165, 1.54) is 6.07 Å². The third-order valence-corrected chi connectivity index (χ3v) is 5.89. The molecule has 2 atom stereocenters. The number of rotatable bonds is 6. The molecule has 0 radical (unpaired) electrons. The predicted molar refractivity (Wildman–Crippen MR) is 120 cm³/mol. The van der Waals surface area contributed by atoms with Crippen molar-refractivity contribution >= 4 is 6.09 Å². The van der Waals surface area contributed by atoms with Crippen molar-refractivity contribution in [1.29, 1.82) is 5.26 Å². The first-order valence-electron chi connectivity index (χ1n) is 10.4. The minimum atomic E-state index is -1.25. The molecule has 4 rings (SSSR count). The maximum atomic E-state index is 12.3. The monoisotopic (exact) mass is 428 g/mol. The second kappa shape index (κ2) is 9.23. The number of fused-ring (bicyclic) bond motifs is 3. The number of hydrogen-bond acceptors (Lipinski definition) is 5. The van der Waals surface area contributed by atoms with Crippen LogP contribution in [0.5, 0.6) is 0 Å². The second-order valence-electron chi connectivity index (χ2n) is 7.90. The molecule has 0 aromatic heterocycles. The van der Waals surface area contributed by atoms with E-state index in [4.69, 9.17) is 10.00 Å². The molecule has 3 N–H and O–H groups in total. The van der Waals surface area contributed by atoms with E-state index >= 15 is 0 Å². The van der Waals surface area contributed by atoms with Crippen molar-refractivity contribution in [1.82, 2.24) is 5.32 Å². The number of amides is 1. The zero-order valence-corrected chi connectivity index (χ0v) is 17.7. The van der Waals surface area contributed by atoms with E-state index in [1.807, 2.05) is 42.5 Å². The normalized spacial score (nSPS) is 14.1. The van der Waals surface area contributed by atoms with Gasteiger partial charge in [0.25, 0.3) is 0 Å². The fraction of sp³-hybridized carbons (Fsp3) is 0.231. The highest BCUT2D eigenvalue weighted by Crippen LogP contribution is 2.44. The number of aliphatic hydroxyl groups excluding tert-OH is 2. The topological polar surface area (TPSA) is 103 Å². The molecule has 0 spiro atoms. The van der Waals surface area contributed by atoms with Gasteiger partial charge in [-0.2, -0.15) is 5.26 Å². The van der Waals surface area contributed by atoms with Crippen LogP contribution in [0.25, 0.3) is 11.1 Å². The number of alkyl carbamates (subject to hydrolysis) is 1. The summed E-state index contributed by atoms with van der Waals surface area (Å²) in [6.07, 6.45) is -3.15. The first-order chi connectivity index (χ1) is 15.5. The summed E-state index contributed by atoms with van der Waals surface area (Å²) in [5.74, 6) is -0.0555. The number of aliphatic hydroxyl groups is 2. The zero-order chi connectivity index (χ0) is 22.7. The number of nitrogens with zero attached hydrogens (tertiary/aromatic N) is 1. The minimum Gasteiger partial charge on any atom is -0.449 e. The molecule has 32 heavy (non-hydrogen) atoms. The van der Waals surface area contributed by atoms with Gasteiger partial charge < -0.3 is 20.3 Å². The van der Waals surface area contributed by atoms with Gasteiger partial charge in [0.1, 0.15) is 18.8 Å². The average molecular weight is 428 g/mol. The summed E-state index contributed by atoms with van der Waals surface area (Å²) >= 11 is 0. The van der Waals surface area contributed by atoms with Crippen LogP contribution in [-0.4, -0.2) is 35.6 Å². The molecule has 1 aliphatic carbocycles. The Hall–Kier alpha value is -3.66. The number of carbonyl (C=O) groups excluding carboxylic acids is 1. The first kappa shape index (κ1) is 21.6. The molecular weight excluding hydrogens is 404 g/mol. The summed E-state index contributed by atoms with van der Waals surface area (Å²) in [7, 11) is 0. The van der Waals surface area contributed by atoms with Gasteiger partial charge in [0, 0.05) is 12.5 Å². The summed E-state index contributed by atoms with van der Waals surface area (Å²) in [5, 5.41) is 32.4. The van der Waals surface area contributed by atoms with Crippen molar-refractivity contribution in [2.24, 2.45) is 0 Å². The number of benzene rings is 3. The highest BCUT2D eigenvalue weighted by atomic mass is 16.5.